The van der Waals surface area contributed by atoms with Gasteiger partial charge in [0.15, 0.2) is 0 Å². The molecule has 0 saturated heterocycles. The molecule has 0 spiro atoms. The van der Waals surface area contributed by atoms with Crippen LogP contribution in [-0.2, 0) is 0 Å². The van der Waals surface area contributed by atoms with E-state index >= 15 is 0 Å². The summed E-state index contributed by atoms with van der Waals surface area (Å²) < 4.78 is 0. The standard InChI is InChI=1S/C8H19NS/c1-7(2)6-8(9)4-5-10-3/h7-8H,4-6,9H2,1-3H3/t8-/m0/s1. The highest BCUT2D eigenvalue weighted by Gasteiger charge is 2.03. The van der Waals surface area contributed by atoms with Gasteiger partial charge in [0.25, 0.3) is 0 Å². The molecule has 2 N–H and O–H groups in total. The summed E-state index contributed by atoms with van der Waals surface area (Å²) in [5.41, 5.74) is 5.85. The summed E-state index contributed by atoms with van der Waals surface area (Å²) in [6, 6.07) is 0.424. The molecule has 0 rings (SSSR count). The Bertz CT molecular complexity index is 73.7. The smallest absolute Gasteiger partial charge is 0.00491 e. The lowest BCUT2D eigenvalue weighted by atomic mass is 10.0. The van der Waals surface area contributed by atoms with Crippen LogP contribution in [0.5, 0.6) is 0 Å². The van der Waals surface area contributed by atoms with E-state index in [2.05, 4.69) is 20.1 Å². The van der Waals surface area contributed by atoms with Gasteiger partial charge in [-0.1, -0.05) is 13.8 Å². The van der Waals surface area contributed by atoms with Crippen LogP contribution < -0.4 is 5.73 Å². The van der Waals surface area contributed by atoms with Crippen LogP contribution in [0.15, 0.2) is 0 Å². The highest BCUT2D eigenvalue weighted by molar-refractivity contribution is 7.98. The number of hydrogen-bond donors (Lipinski definition) is 1. The monoisotopic (exact) mass is 161 g/mol. The fraction of sp³-hybridized carbons (Fsp3) is 1.00. The van der Waals surface area contributed by atoms with Crippen LogP contribution >= 0.6 is 11.8 Å². The molecule has 2 heteroatoms. The third kappa shape index (κ3) is 6.43. The predicted octanol–water partition coefficient (Wildman–Crippen LogP) is 2.11. The molecule has 0 aromatic rings. The molecule has 0 fully saturated rings. The van der Waals surface area contributed by atoms with Gasteiger partial charge in [0, 0.05) is 6.04 Å². The molecule has 0 unspecified atom stereocenters. The number of thioether (sulfide) groups is 1. The Morgan fingerprint density at radius 2 is 2.00 bits per heavy atom. The predicted molar refractivity (Wildman–Crippen MR) is 50.4 cm³/mol. The second-order valence-electron chi connectivity index (χ2n) is 3.17. The Kier molecular flexibility index (Phi) is 6.24. The van der Waals surface area contributed by atoms with E-state index in [4.69, 9.17) is 5.73 Å². The molecule has 1 atom stereocenters. The van der Waals surface area contributed by atoms with E-state index in [-0.39, 0.29) is 0 Å². The van der Waals surface area contributed by atoms with Crippen molar-refractivity contribution >= 4 is 11.8 Å². The molecule has 0 aliphatic rings. The van der Waals surface area contributed by atoms with Gasteiger partial charge in [-0.15, -0.1) is 0 Å². The minimum atomic E-state index is 0.424. The lowest BCUT2D eigenvalue weighted by Crippen LogP contribution is -2.22. The largest absolute Gasteiger partial charge is 0.328 e. The fourth-order valence-electron chi connectivity index (χ4n) is 0.993. The first-order valence-corrected chi connectivity index (χ1v) is 5.30. The van der Waals surface area contributed by atoms with Crippen molar-refractivity contribution in [3.05, 3.63) is 0 Å². The maximum absolute atomic E-state index is 5.85. The van der Waals surface area contributed by atoms with E-state index in [1.165, 1.54) is 18.6 Å². The van der Waals surface area contributed by atoms with Crippen molar-refractivity contribution in [2.75, 3.05) is 12.0 Å². The van der Waals surface area contributed by atoms with Gasteiger partial charge < -0.3 is 5.73 Å². The van der Waals surface area contributed by atoms with E-state index in [0.717, 1.165) is 5.92 Å². The molecule has 10 heavy (non-hydrogen) atoms. The molecule has 0 aromatic carbocycles. The van der Waals surface area contributed by atoms with Crippen LogP contribution in [-0.4, -0.2) is 18.1 Å². The van der Waals surface area contributed by atoms with Crippen LogP contribution in [0, 0.1) is 5.92 Å². The summed E-state index contributed by atoms with van der Waals surface area (Å²) >= 11 is 1.88. The minimum Gasteiger partial charge on any atom is -0.328 e. The van der Waals surface area contributed by atoms with Gasteiger partial charge in [0.05, 0.1) is 0 Å². The number of nitrogens with two attached hydrogens (primary N) is 1. The molecule has 1 nitrogen and oxygen atoms in total. The summed E-state index contributed by atoms with van der Waals surface area (Å²) in [6.45, 7) is 4.44. The van der Waals surface area contributed by atoms with Gasteiger partial charge in [-0.3, -0.25) is 0 Å². The topological polar surface area (TPSA) is 26.0 Å². The molecule has 0 saturated carbocycles. The Balaban J connectivity index is 3.16. The molecule has 0 amide bonds. The molecule has 0 heterocycles. The van der Waals surface area contributed by atoms with Crippen molar-refractivity contribution in [1.82, 2.24) is 0 Å². The Morgan fingerprint density at radius 3 is 2.40 bits per heavy atom. The lowest BCUT2D eigenvalue weighted by molar-refractivity contribution is 0.488. The van der Waals surface area contributed by atoms with Gasteiger partial charge in [-0.05, 0) is 30.8 Å². The van der Waals surface area contributed by atoms with Crippen molar-refractivity contribution in [3.8, 4) is 0 Å². The van der Waals surface area contributed by atoms with E-state index in [0.29, 0.717) is 6.04 Å². The van der Waals surface area contributed by atoms with Gasteiger partial charge in [-0.25, -0.2) is 0 Å². The summed E-state index contributed by atoms with van der Waals surface area (Å²) in [5.74, 6) is 1.95. The van der Waals surface area contributed by atoms with E-state index in [9.17, 15) is 0 Å². The van der Waals surface area contributed by atoms with Crippen molar-refractivity contribution in [1.29, 1.82) is 0 Å². The first-order valence-electron chi connectivity index (χ1n) is 3.91. The minimum absolute atomic E-state index is 0.424. The van der Waals surface area contributed by atoms with Gasteiger partial charge >= 0.3 is 0 Å². The quantitative estimate of drug-likeness (QED) is 0.668. The van der Waals surface area contributed by atoms with Crippen molar-refractivity contribution in [2.24, 2.45) is 11.7 Å². The van der Waals surface area contributed by atoms with Gasteiger partial charge in [0.2, 0.25) is 0 Å². The molecule has 0 aliphatic heterocycles. The number of hydrogen-bond acceptors (Lipinski definition) is 2. The average Bonchev–Trinajstić information content (AvgIpc) is 1.82. The average molecular weight is 161 g/mol. The van der Waals surface area contributed by atoms with Crippen molar-refractivity contribution < 1.29 is 0 Å². The zero-order valence-electron chi connectivity index (χ0n) is 7.26. The van der Waals surface area contributed by atoms with Crippen molar-refractivity contribution in [3.63, 3.8) is 0 Å². The fourth-order valence-corrected chi connectivity index (χ4v) is 1.53. The first kappa shape index (κ1) is 10.3. The molecule has 0 aliphatic carbocycles. The number of rotatable bonds is 5. The SMILES string of the molecule is CSCC[C@H](N)CC(C)C. The van der Waals surface area contributed by atoms with Crippen LogP contribution in [0.4, 0.5) is 0 Å². The highest BCUT2D eigenvalue weighted by atomic mass is 32.2. The summed E-state index contributed by atoms with van der Waals surface area (Å²) in [4.78, 5) is 0. The van der Waals surface area contributed by atoms with Crippen LogP contribution in [0.25, 0.3) is 0 Å². The Morgan fingerprint density at radius 1 is 1.40 bits per heavy atom. The molecular formula is C8H19NS. The maximum Gasteiger partial charge on any atom is 0.00491 e. The lowest BCUT2D eigenvalue weighted by Gasteiger charge is -2.12. The highest BCUT2D eigenvalue weighted by Crippen LogP contribution is 2.07. The molecule has 0 radical (unpaired) electrons. The second-order valence-corrected chi connectivity index (χ2v) is 4.16. The summed E-state index contributed by atoms with van der Waals surface area (Å²) in [7, 11) is 0. The van der Waals surface area contributed by atoms with Crippen LogP contribution in [0.3, 0.4) is 0 Å². The van der Waals surface area contributed by atoms with Gasteiger partial charge in [0.1, 0.15) is 0 Å². The first-order chi connectivity index (χ1) is 4.66. The van der Waals surface area contributed by atoms with Crippen LogP contribution in [0.2, 0.25) is 0 Å². The summed E-state index contributed by atoms with van der Waals surface area (Å²) in [6.07, 6.45) is 4.46. The van der Waals surface area contributed by atoms with E-state index in [1.54, 1.807) is 0 Å². The maximum atomic E-state index is 5.85. The molecule has 0 aromatic heterocycles. The second kappa shape index (κ2) is 6.05. The Hall–Kier alpha value is 0.310. The molecule has 62 valence electrons. The molecular weight excluding hydrogens is 142 g/mol. The summed E-state index contributed by atoms with van der Waals surface area (Å²) in [5, 5.41) is 0. The van der Waals surface area contributed by atoms with Crippen LogP contribution in [0.1, 0.15) is 26.7 Å². The van der Waals surface area contributed by atoms with Gasteiger partial charge in [-0.2, -0.15) is 11.8 Å². The van der Waals surface area contributed by atoms with E-state index in [1.807, 2.05) is 11.8 Å². The van der Waals surface area contributed by atoms with Crippen molar-refractivity contribution in [2.45, 2.75) is 32.7 Å². The normalized spacial score (nSPS) is 14.1. The Labute approximate surface area is 68.8 Å². The third-order valence-electron chi connectivity index (χ3n) is 1.47. The molecule has 0 bridgehead atoms. The van der Waals surface area contributed by atoms with E-state index < -0.39 is 0 Å². The third-order valence-corrected chi connectivity index (χ3v) is 2.11. The zero-order chi connectivity index (χ0) is 7.98. The zero-order valence-corrected chi connectivity index (χ0v) is 8.08.